The first-order valence-electron chi connectivity index (χ1n) is 1.40. The number of hydrogen-bond acceptors (Lipinski definition) is 0. The van der Waals surface area contributed by atoms with Gasteiger partial charge >= 0.3 is 0 Å². The lowest BCUT2D eigenvalue weighted by Gasteiger charge is -1.80. The van der Waals surface area contributed by atoms with Crippen molar-refractivity contribution in [2.75, 3.05) is 6.54 Å². The first-order valence-corrected chi connectivity index (χ1v) is 3.11. The zero-order valence-corrected chi connectivity index (χ0v) is 6.21. The van der Waals surface area contributed by atoms with E-state index in [-0.39, 0.29) is 0 Å². The zero-order chi connectivity index (χ0) is 4.99. The molecule has 1 radical (unpaired) electrons. The van der Waals surface area contributed by atoms with Crippen LogP contribution in [0.3, 0.4) is 0 Å². The Labute approximate surface area is 53.9 Å². The van der Waals surface area contributed by atoms with Crippen molar-refractivity contribution in [2.24, 2.45) is 0 Å². The first-order chi connectivity index (χ1) is 2.81. The van der Waals surface area contributed by atoms with Crippen molar-refractivity contribution in [3.8, 4) is 0 Å². The van der Waals surface area contributed by atoms with Crippen molar-refractivity contribution in [3.63, 3.8) is 0 Å². The van der Waals surface area contributed by atoms with E-state index >= 15 is 0 Å². The van der Waals surface area contributed by atoms with Gasteiger partial charge in [-0.15, -0.1) is 0 Å². The van der Waals surface area contributed by atoms with Gasteiger partial charge in [-0.05, 0) is 4.99 Å². The Hall–Kier alpha value is 0.660. The molecule has 1 N–H and O–H groups in total. The maximum Gasteiger partial charge on any atom is 0.0422 e. The molecule has 0 fully saturated rings. The van der Waals surface area contributed by atoms with Gasteiger partial charge in [0, 0.05) is 11.0 Å². The van der Waals surface area contributed by atoms with Gasteiger partial charge in [-0.3, -0.25) is 5.73 Å². The molecule has 6 heavy (non-hydrogen) atoms. The van der Waals surface area contributed by atoms with Gasteiger partial charge in [0.25, 0.3) is 0 Å². The second-order valence-corrected chi connectivity index (χ2v) is 2.21. The van der Waals surface area contributed by atoms with Crippen LogP contribution in [-0.4, -0.2) is 6.54 Å². The van der Waals surface area contributed by atoms with Crippen molar-refractivity contribution in [1.82, 2.24) is 5.73 Å². The van der Waals surface area contributed by atoms with Crippen LogP contribution in [-0.2, 0) is 0 Å². The average Bonchev–Trinajstić information content (AvgIpc) is 1.65. The second kappa shape index (κ2) is 3.84. The predicted octanol–water partition coefficient (Wildman–Crippen LogP) is 1.90. The summed E-state index contributed by atoms with van der Waals surface area (Å²) in [7, 11) is 0. The lowest BCUT2D eigenvalue weighted by atomic mass is 10.7. The molecule has 0 aromatic rings. The van der Waals surface area contributed by atoms with E-state index in [1.54, 1.807) is 4.99 Å². The highest BCUT2D eigenvalue weighted by atomic mass is 79.9. The largest absolute Gasteiger partial charge is 0.253 e. The molecule has 0 heterocycles. The van der Waals surface area contributed by atoms with Gasteiger partial charge in [0.2, 0.25) is 0 Å². The Kier molecular flexibility index (Phi) is 4.26. The summed E-state index contributed by atoms with van der Waals surface area (Å²) in [5.41, 5.74) is 6.66. The summed E-state index contributed by atoms with van der Waals surface area (Å²) >= 11 is 6.15. The predicted molar refractivity (Wildman–Crippen MR) is 33.9 cm³/mol. The topological polar surface area (TPSA) is 23.8 Å². The lowest BCUT2D eigenvalue weighted by molar-refractivity contribution is 1.19. The minimum absolute atomic E-state index is 0.311. The smallest absolute Gasteiger partial charge is 0.0422 e. The fourth-order valence-electron chi connectivity index (χ4n) is 0.0386. The Morgan fingerprint density at radius 2 is 2.33 bits per heavy atom. The van der Waals surface area contributed by atoms with Crippen LogP contribution < -0.4 is 5.73 Å². The highest BCUT2D eigenvalue weighted by molar-refractivity contribution is 9.14. The molecule has 0 spiro atoms. The molecule has 3 heteroatoms. The molecule has 0 unspecified atom stereocenters. The third-order valence-electron chi connectivity index (χ3n) is 0.287. The molecular formula is C3H4Br2N. The van der Waals surface area contributed by atoms with Crippen LogP contribution in [0.15, 0.2) is 9.47 Å². The third kappa shape index (κ3) is 2.87. The first kappa shape index (κ1) is 6.66. The standard InChI is InChI=1S/C3H4Br2N/c4-1-3(5)2-6/h1,6H,2H2. The van der Waals surface area contributed by atoms with Gasteiger partial charge in [-0.25, -0.2) is 0 Å². The Balaban J connectivity index is 3.22. The van der Waals surface area contributed by atoms with Crippen LogP contribution in [0.1, 0.15) is 0 Å². The molecule has 0 aliphatic heterocycles. The normalized spacial score (nSPS) is 12.2. The molecule has 0 amide bonds. The highest BCUT2D eigenvalue weighted by Crippen LogP contribution is 2.03. The number of halogens is 2. The maximum absolute atomic E-state index is 6.66. The molecule has 0 saturated carbocycles. The van der Waals surface area contributed by atoms with E-state index in [1.165, 1.54) is 0 Å². The average molecular weight is 214 g/mol. The van der Waals surface area contributed by atoms with Gasteiger partial charge in [0.15, 0.2) is 0 Å². The molecule has 35 valence electrons. The van der Waals surface area contributed by atoms with Crippen molar-refractivity contribution in [3.05, 3.63) is 9.47 Å². The van der Waals surface area contributed by atoms with E-state index in [4.69, 9.17) is 5.73 Å². The van der Waals surface area contributed by atoms with Gasteiger partial charge in [0.1, 0.15) is 0 Å². The maximum atomic E-state index is 6.66. The zero-order valence-electron chi connectivity index (χ0n) is 3.04. The van der Waals surface area contributed by atoms with E-state index < -0.39 is 0 Å². The highest BCUT2D eigenvalue weighted by Gasteiger charge is 1.78. The van der Waals surface area contributed by atoms with E-state index in [0.717, 1.165) is 4.48 Å². The fourth-order valence-corrected chi connectivity index (χ4v) is 0.200. The molecular weight excluding hydrogens is 210 g/mol. The quantitative estimate of drug-likeness (QED) is 0.636. The molecule has 0 rings (SSSR count). The summed E-state index contributed by atoms with van der Waals surface area (Å²) in [5.74, 6) is 0. The summed E-state index contributed by atoms with van der Waals surface area (Å²) in [6.07, 6.45) is 0. The summed E-state index contributed by atoms with van der Waals surface area (Å²) in [6.45, 7) is 0.311. The van der Waals surface area contributed by atoms with Crippen molar-refractivity contribution < 1.29 is 0 Å². The Morgan fingerprint density at radius 3 is 2.33 bits per heavy atom. The molecule has 0 saturated heterocycles. The van der Waals surface area contributed by atoms with Crippen LogP contribution in [0, 0.1) is 0 Å². The number of nitrogens with one attached hydrogen (secondary N) is 1. The molecule has 0 aromatic carbocycles. The summed E-state index contributed by atoms with van der Waals surface area (Å²) in [6, 6.07) is 0. The van der Waals surface area contributed by atoms with Crippen molar-refractivity contribution in [1.29, 1.82) is 0 Å². The second-order valence-electron chi connectivity index (χ2n) is 0.733. The molecule has 0 aliphatic carbocycles. The van der Waals surface area contributed by atoms with E-state index in [9.17, 15) is 0 Å². The Morgan fingerprint density at radius 1 is 1.83 bits per heavy atom. The van der Waals surface area contributed by atoms with Gasteiger partial charge in [-0.1, -0.05) is 31.9 Å². The van der Waals surface area contributed by atoms with Crippen molar-refractivity contribution >= 4 is 31.9 Å². The summed E-state index contributed by atoms with van der Waals surface area (Å²) in [4.78, 5) is 1.68. The van der Waals surface area contributed by atoms with Crippen molar-refractivity contribution in [2.45, 2.75) is 0 Å². The fraction of sp³-hybridized carbons (Fsp3) is 0.333. The van der Waals surface area contributed by atoms with E-state index in [2.05, 4.69) is 31.9 Å². The molecule has 0 aromatic heterocycles. The summed E-state index contributed by atoms with van der Waals surface area (Å²) in [5, 5.41) is 0. The Bertz CT molecular complexity index is 59.8. The lowest BCUT2D eigenvalue weighted by Crippen LogP contribution is -1.78. The van der Waals surface area contributed by atoms with E-state index in [1.807, 2.05) is 0 Å². The SMILES string of the molecule is [NH]CC(Br)=CBr. The molecule has 0 bridgehead atoms. The van der Waals surface area contributed by atoms with Crippen LogP contribution >= 0.6 is 31.9 Å². The molecule has 0 atom stereocenters. The van der Waals surface area contributed by atoms with Gasteiger partial charge < -0.3 is 0 Å². The molecule has 0 aliphatic rings. The monoisotopic (exact) mass is 212 g/mol. The van der Waals surface area contributed by atoms with Crippen LogP contribution in [0.2, 0.25) is 0 Å². The number of hydrogen-bond donors (Lipinski definition) is 0. The number of rotatable bonds is 1. The summed E-state index contributed by atoms with van der Waals surface area (Å²) < 4.78 is 0.863. The van der Waals surface area contributed by atoms with Crippen LogP contribution in [0.25, 0.3) is 0 Å². The van der Waals surface area contributed by atoms with E-state index in [0.29, 0.717) is 6.54 Å². The van der Waals surface area contributed by atoms with Crippen LogP contribution in [0.5, 0.6) is 0 Å². The minimum atomic E-state index is 0.311. The van der Waals surface area contributed by atoms with Crippen LogP contribution in [0.4, 0.5) is 0 Å². The van der Waals surface area contributed by atoms with Gasteiger partial charge in [-0.2, -0.15) is 0 Å². The minimum Gasteiger partial charge on any atom is -0.253 e. The van der Waals surface area contributed by atoms with Gasteiger partial charge in [0.05, 0.1) is 0 Å². The molecule has 1 nitrogen and oxygen atoms in total. The third-order valence-corrected chi connectivity index (χ3v) is 1.96.